The lowest BCUT2D eigenvalue weighted by molar-refractivity contribution is 0.0523. The van der Waals surface area contributed by atoms with Crippen LogP contribution in [0.2, 0.25) is 0 Å². The molecule has 0 aliphatic rings. The van der Waals surface area contributed by atoms with Crippen LogP contribution in [0.1, 0.15) is 32.8 Å². The van der Waals surface area contributed by atoms with E-state index < -0.39 is 11.7 Å². The Morgan fingerprint density at radius 2 is 2.15 bits per heavy atom. The Morgan fingerprint density at radius 3 is 2.70 bits per heavy atom. The number of nitrogens with zero attached hydrogens (tertiary/aromatic N) is 1. The molecular formula is C14H23N3O3. The smallest absolute Gasteiger partial charge is 0.407 e. The highest BCUT2D eigenvalue weighted by Crippen LogP contribution is 2.09. The maximum atomic E-state index is 11.5. The maximum absolute atomic E-state index is 11.5. The van der Waals surface area contributed by atoms with Gasteiger partial charge in [0.15, 0.2) is 0 Å². The van der Waals surface area contributed by atoms with Crippen LogP contribution in [0.5, 0.6) is 5.88 Å². The lowest BCUT2D eigenvalue weighted by Crippen LogP contribution is -2.32. The van der Waals surface area contributed by atoms with Gasteiger partial charge >= 0.3 is 6.09 Å². The van der Waals surface area contributed by atoms with E-state index in [9.17, 15) is 4.79 Å². The van der Waals surface area contributed by atoms with Crippen LogP contribution in [0.3, 0.4) is 0 Å². The highest BCUT2D eigenvalue weighted by molar-refractivity contribution is 5.67. The van der Waals surface area contributed by atoms with Crippen molar-refractivity contribution in [1.29, 1.82) is 0 Å². The first-order valence-corrected chi connectivity index (χ1v) is 6.65. The topological polar surface area (TPSA) is 86.5 Å². The number of pyridine rings is 1. The summed E-state index contributed by atoms with van der Waals surface area (Å²) in [5, 5.41) is 2.67. The van der Waals surface area contributed by atoms with Crippen molar-refractivity contribution in [2.45, 2.75) is 39.3 Å². The van der Waals surface area contributed by atoms with Crippen molar-refractivity contribution in [3.05, 3.63) is 23.9 Å². The number of nitrogens with one attached hydrogen (secondary N) is 1. The molecule has 1 heterocycles. The first-order valence-electron chi connectivity index (χ1n) is 6.65. The Morgan fingerprint density at radius 1 is 1.40 bits per heavy atom. The first-order chi connectivity index (χ1) is 9.40. The van der Waals surface area contributed by atoms with Gasteiger partial charge in [-0.25, -0.2) is 9.78 Å². The van der Waals surface area contributed by atoms with Gasteiger partial charge < -0.3 is 20.5 Å². The molecule has 0 radical (unpaired) electrons. The zero-order valence-electron chi connectivity index (χ0n) is 12.3. The molecule has 0 saturated carbocycles. The van der Waals surface area contributed by atoms with Gasteiger partial charge in [-0.15, -0.1) is 0 Å². The average molecular weight is 281 g/mol. The van der Waals surface area contributed by atoms with Gasteiger partial charge in [0.1, 0.15) is 5.60 Å². The summed E-state index contributed by atoms with van der Waals surface area (Å²) in [4.78, 5) is 15.6. The van der Waals surface area contributed by atoms with Gasteiger partial charge in [0, 0.05) is 18.8 Å². The third kappa shape index (κ3) is 6.94. The molecule has 112 valence electrons. The molecule has 1 rings (SSSR count). The Labute approximate surface area is 119 Å². The van der Waals surface area contributed by atoms with Gasteiger partial charge in [-0.1, -0.05) is 6.07 Å². The van der Waals surface area contributed by atoms with Crippen LogP contribution in [0.4, 0.5) is 4.79 Å². The van der Waals surface area contributed by atoms with Gasteiger partial charge in [0.05, 0.1) is 6.61 Å². The van der Waals surface area contributed by atoms with Crippen molar-refractivity contribution < 1.29 is 14.3 Å². The summed E-state index contributed by atoms with van der Waals surface area (Å²) in [6.07, 6.45) is 2.01. The molecule has 0 atom stereocenters. The minimum Gasteiger partial charge on any atom is -0.478 e. The molecule has 0 bridgehead atoms. The second kappa shape index (κ2) is 7.69. The summed E-state index contributed by atoms with van der Waals surface area (Å²) in [5.74, 6) is 0.555. The van der Waals surface area contributed by atoms with Crippen molar-refractivity contribution in [2.24, 2.45) is 5.73 Å². The van der Waals surface area contributed by atoms with E-state index in [2.05, 4.69) is 10.3 Å². The molecule has 6 nitrogen and oxygen atoms in total. The Kier molecular flexibility index (Phi) is 6.24. The predicted molar refractivity (Wildman–Crippen MR) is 76.5 cm³/mol. The molecule has 0 saturated heterocycles. The number of carbonyl (C=O) groups is 1. The van der Waals surface area contributed by atoms with E-state index in [0.29, 0.717) is 25.6 Å². The van der Waals surface area contributed by atoms with E-state index >= 15 is 0 Å². The number of hydrogen-bond acceptors (Lipinski definition) is 5. The summed E-state index contributed by atoms with van der Waals surface area (Å²) in [5.41, 5.74) is 5.76. The van der Waals surface area contributed by atoms with E-state index in [0.717, 1.165) is 12.0 Å². The maximum Gasteiger partial charge on any atom is 0.407 e. The monoisotopic (exact) mass is 281 g/mol. The van der Waals surface area contributed by atoms with Gasteiger partial charge in [0.2, 0.25) is 5.88 Å². The molecule has 0 aromatic carbocycles. The molecule has 0 unspecified atom stereocenters. The molecule has 0 aliphatic carbocycles. The summed E-state index contributed by atoms with van der Waals surface area (Å²) in [7, 11) is 0. The molecule has 6 heteroatoms. The number of rotatable bonds is 6. The minimum absolute atomic E-state index is 0.366. The molecule has 1 amide bonds. The SMILES string of the molecule is CC(C)(C)OC(=O)NCc1ccc(OCCCN)nc1. The first kappa shape index (κ1) is 16.2. The van der Waals surface area contributed by atoms with Gasteiger partial charge in [-0.05, 0) is 39.3 Å². The number of nitrogens with two attached hydrogens (primary N) is 1. The standard InChI is InChI=1S/C14H23N3O3/c1-14(2,3)20-13(18)17-10-11-5-6-12(16-9-11)19-8-4-7-15/h5-6,9H,4,7-8,10,15H2,1-3H3,(H,17,18). The Hall–Kier alpha value is -1.82. The highest BCUT2D eigenvalue weighted by atomic mass is 16.6. The molecule has 0 spiro atoms. The average Bonchev–Trinajstić information content (AvgIpc) is 2.36. The molecule has 0 fully saturated rings. The van der Waals surface area contributed by atoms with E-state index in [1.54, 1.807) is 12.3 Å². The van der Waals surface area contributed by atoms with Crippen LogP contribution < -0.4 is 15.8 Å². The fourth-order valence-electron chi connectivity index (χ4n) is 1.35. The van der Waals surface area contributed by atoms with Gasteiger partial charge in [-0.3, -0.25) is 0 Å². The van der Waals surface area contributed by atoms with E-state index in [1.807, 2.05) is 26.8 Å². The fourth-order valence-corrected chi connectivity index (χ4v) is 1.35. The number of aromatic nitrogens is 1. The van der Waals surface area contributed by atoms with Crippen molar-refractivity contribution in [3.8, 4) is 5.88 Å². The quantitative estimate of drug-likeness (QED) is 0.777. The van der Waals surface area contributed by atoms with Crippen LogP contribution in [-0.2, 0) is 11.3 Å². The van der Waals surface area contributed by atoms with Crippen LogP contribution in [0.15, 0.2) is 18.3 Å². The summed E-state index contributed by atoms with van der Waals surface area (Å²) in [6, 6.07) is 3.62. The highest BCUT2D eigenvalue weighted by Gasteiger charge is 2.15. The Bertz CT molecular complexity index is 413. The summed E-state index contributed by atoms with van der Waals surface area (Å²) in [6.45, 7) is 6.98. The van der Waals surface area contributed by atoms with Crippen molar-refractivity contribution >= 4 is 6.09 Å². The predicted octanol–water partition coefficient (Wildman–Crippen LogP) is 1.83. The largest absolute Gasteiger partial charge is 0.478 e. The van der Waals surface area contributed by atoms with Gasteiger partial charge in [0.25, 0.3) is 0 Å². The summed E-state index contributed by atoms with van der Waals surface area (Å²) < 4.78 is 10.5. The molecule has 1 aromatic heterocycles. The van der Waals surface area contributed by atoms with Crippen LogP contribution in [0.25, 0.3) is 0 Å². The second-order valence-electron chi connectivity index (χ2n) is 5.35. The normalized spacial score (nSPS) is 11.0. The summed E-state index contributed by atoms with van der Waals surface area (Å²) >= 11 is 0. The van der Waals surface area contributed by atoms with Crippen molar-refractivity contribution in [2.75, 3.05) is 13.2 Å². The zero-order chi connectivity index (χ0) is 15.0. The molecule has 20 heavy (non-hydrogen) atoms. The van der Waals surface area contributed by atoms with Crippen LogP contribution in [0, 0.1) is 0 Å². The number of hydrogen-bond donors (Lipinski definition) is 2. The fraction of sp³-hybridized carbons (Fsp3) is 0.571. The molecular weight excluding hydrogens is 258 g/mol. The second-order valence-corrected chi connectivity index (χ2v) is 5.35. The zero-order valence-corrected chi connectivity index (χ0v) is 12.3. The number of alkyl carbamates (subject to hydrolysis) is 1. The van der Waals surface area contributed by atoms with Gasteiger partial charge in [-0.2, -0.15) is 0 Å². The van der Waals surface area contributed by atoms with Crippen molar-refractivity contribution in [3.63, 3.8) is 0 Å². The third-order valence-corrected chi connectivity index (χ3v) is 2.23. The van der Waals surface area contributed by atoms with Crippen LogP contribution >= 0.6 is 0 Å². The lowest BCUT2D eigenvalue weighted by atomic mass is 10.2. The molecule has 3 N–H and O–H groups in total. The van der Waals surface area contributed by atoms with Crippen molar-refractivity contribution in [1.82, 2.24) is 10.3 Å². The van der Waals surface area contributed by atoms with E-state index in [1.165, 1.54) is 0 Å². The molecule has 0 aliphatic heterocycles. The lowest BCUT2D eigenvalue weighted by Gasteiger charge is -2.19. The Balaban J connectivity index is 2.36. The van der Waals surface area contributed by atoms with E-state index in [4.69, 9.17) is 15.2 Å². The van der Waals surface area contributed by atoms with Crippen LogP contribution in [-0.4, -0.2) is 29.8 Å². The number of ether oxygens (including phenoxy) is 2. The minimum atomic E-state index is -0.497. The third-order valence-electron chi connectivity index (χ3n) is 2.23. The number of carbonyl (C=O) groups excluding carboxylic acids is 1. The number of amides is 1. The van der Waals surface area contributed by atoms with E-state index in [-0.39, 0.29) is 0 Å². The molecule has 1 aromatic rings.